The summed E-state index contributed by atoms with van der Waals surface area (Å²) in [4.78, 5) is 13.1. The van der Waals surface area contributed by atoms with Crippen LogP contribution in [0.1, 0.15) is 194 Å². The maximum absolute atomic E-state index is 13.1. The molecule has 0 aromatic rings. The number of hydrogen-bond donors (Lipinski definition) is 8. The Kier molecular flexibility index (Phi) is 35.7. The van der Waals surface area contributed by atoms with Crippen LogP contribution < -0.4 is 5.32 Å². The van der Waals surface area contributed by atoms with E-state index < -0.39 is 74.2 Å². The maximum atomic E-state index is 13.1. The summed E-state index contributed by atoms with van der Waals surface area (Å²) in [5.41, 5.74) is 0. The summed E-state index contributed by atoms with van der Waals surface area (Å²) in [5, 5.41) is 75.6. The number of ether oxygens (including phenoxy) is 2. The second-order valence-corrected chi connectivity index (χ2v) is 16.8. The van der Waals surface area contributed by atoms with Crippen molar-refractivity contribution < 1.29 is 50.0 Å². The summed E-state index contributed by atoms with van der Waals surface area (Å²) >= 11 is 0. The molecule has 346 valence electrons. The number of rotatable bonds is 39. The van der Waals surface area contributed by atoms with Gasteiger partial charge in [0.15, 0.2) is 6.29 Å². The molecule has 1 heterocycles. The first kappa shape index (κ1) is 55.3. The minimum absolute atomic E-state index is 0.243. The molecule has 0 aromatic heterocycles. The highest BCUT2D eigenvalue weighted by molar-refractivity contribution is 5.80. The quantitative estimate of drug-likeness (QED) is 0.0223. The first-order chi connectivity index (χ1) is 28.7. The van der Waals surface area contributed by atoms with E-state index >= 15 is 0 Å². The topological polar surface area (TPSA) is 189 Å². The Bertz CT molecular complexity index is 1050. The lowest BCUT2D eigenvalue weighted by atomic mass is 9.98. The summed E-state index contributed by atoms with van der Waals surface area (Å²) in [7, 11) is 0. The highest BCUT2D eigenvalue weighted by Gasteiger charge is 2.44. The van der Waals surface area contributed by atoms with E-state index in [1.165, 1.54) is 83.5 Å². The van der Waals surface area contributed by atoms with Crippen LogP contribution in [0.25, 0.3) is 0 Å². The molecule has 1 fully saturated rings. The third-order valence-electron chi connectivity index (χ3n) is 11.4. The average molecular weight is 840 g/mol. The SMILES string of the molecule is CCCCCC/C=C\CCCCCCCCC(O)C(=O)NC(COC1OC(CO)C(O)C(O)C1O)C(O)C(O)CCC/C=C/CC/C=C/CCCCCCCCCCC. The van der Waals surface area contributed by atoms with Gasteiger partial charge < -0.3 is 50.5 Å². The molecule has 11 nitrogen and oxygen atoms in total. The van der Waals surface area contributed by atoms with Crippen molar-refractivity contribution in [2.24, 2.45) is 0 Å². The Hall–Kier alpha value is -1.67. The molecule has 8 N–H and O–H groups in total. The van der Waals surface area contributed by atoms with Crippen molar-refractivity contribution in [1.29, 1.82) is 0 Å². The number of carbonyl (C=O) groups is 1. The van der Waals surface area contributed by atoms with Gasteiger partial charge in [0, 0.05) is 0 Å². The molecule has 1 rings (SSSR count). The lowest BCUT2D eigenvalue weighted by Crippen LogP contribution is -2.60. The fourth-order valence-corrected chi connectivity index (χ4v) is 7.39. The van der Waals surface area contributed by atoms with Gasteiger partial charge in [-0.1, -0.05) is 153 Å². The molecule has 59 heavy (non-hydrogen) atoms. The first-order valence-electron chi connectivity index (χ1n) is 23.9. The lowest BCUT2D eigenvalue weighted by Gasteiger charge is -2.40. The molecular weight excluding hydrogens is 751 g/mol. The number of aliphatic hydroxyl groups is 7. The number of nitrogens with one attached hydrogen (secondary N) is 1. The maximum Gasteiger partial charge on any atom is 0.249 e. The van der Waals surface area contributed by atoms with E-state index in [9.17, 15) is 40.5 Å². The van der Waals surface area contributed by atoms with Crippen molar-refractivity contribution in [3.05, 3.63) is 36.5 Å². The molecule has 0 aliphatic carbocycles. The van der Waals surface area contributed by atoms with Crippen molar-refractivity contribution in [2.45, 2.75) is 249 Å². The van der Waals surface area contributed by atoms with E-state index in [1.54, 1.807) is 0 Å². The summed E-state index contributed by atoms with van der Waals surface area (Å²) in [6.07, 6.45) is 31.9. The summed E-state index contributed by atoms with van der Waals surface area (Å²) in [5.74, 6) is -0.717. The van der Waals surface area contributed by atoms with E-state index in [1.807, 2.05) is 0 Å². The van der Waals surface area contributed by atoms with E-state index in [0.29, 0.717) is 19.3 Å². The smallest absolute Gasteiger partial charge is 0.249 e. The van der Waals surface area contributed by atoms with Crippen LogP contribution in [0.2, 0.25) is 0 Å². The lowest BCUT2D eigenvalue weighted by molar-refractivity contribution is -0.303. The van der Waals surface area contributed by atoms with Crippen LogP contribution in [0, 0.1) is 0 Å². The van der Waals surface area contributed by atoms with Crippen LogP contribution in [0.3, 0.4) is 0 Å². The van der Waals surface area contributed by atoms with Gasteiger partial charge in [-0.2, -0.15) is 0 Å². The largest absolute Gasteiger partial charge is 0.394 e. The Morgan fingerprint density at radius 2 is 1.02 bits per heavy atom. The molecule has 0 spiro atoms. The third-order valence-corrected chi connectivity index (χ3v) is 11.4. The Balaban J connectivity index is 2.48. The molecule has 11 heteroatoms. The van der Waals surface area contributed by atoms with Crippen molar-refractivity contribution in [3.63, 3.8) is 0 Å². The van der Waals surface area contributed by atoms with Crippen LogP contribution in [-0.2, 0) is 14.3 Å². The first-order valence-corrected chi connectivity index (χ1v) is 23.9. The fraction of sp³-hybridized carbons (Fsp3) is 0.854. The predicted molar refractivity (Wildman–Crippen MR) is 238 cm³/mol. The molecule has 1 saturated heterocycles. The second-order valence-electron chi connectivity index (χ2n) is 16.8. The third kappa shape index (κ3) is 27.8. The molecular formula is C48H89NO10. The molecule has 0 bridgehead atoms. The fourth-order valence-electron chi connectivity index (χ4n) is 7.39. The predicted octanol–water partition coefficient (Wildman–Crippen LogP) is 8.00. The Morgan fingerprint density at radius 1 is 0.576 bits per heavy atom. The van der Waals surface area contributed by atoms with Gasteiger partial charge in [-0.25, -0.2) is 0 Å². The van der Waals surface area contributed by atoms with Crippen LogP contribution in [0.5, 0.6) is 0 Å². The summed E-state index contributed by atoms with van der Waals surface area (Å²) < 4.78 is 11.1. The van der Waals surface area contributed by atoms with Crippen LogP contribution in [-0.4, -0.2) is 110 Å². The summed E-state index contributed by atoms with van der Waals surface area (Å²) in [6.45, 7) is 3.39. The highest BCUT2D eigenvalue weighted by atomic mass is 16.7. The normalized spacial score (nSPS) is 22.1. The molecule has 0 saturated carbocycles. The van der Waals surface area contributed by atoms with Crippen molar-refractivity contribution in [3.8, 4) is 0 Å². The van der Waals surface area contributed by atoms with Gasteiger partial charge in [0.05, 0.1) is 25.4 Å². The van der Waals surface area contributed by atoms with Gasteiger partial charge in [0.25, 0.3) is 0 Å². The summed E-state index contributed by atoms with van der Waals surface area (Å²) in [6, 6.07) is -1.19. The van der Waals surface area contributed by atoms with Crippen molar-refractivity contribution >= 4 is 5.91 Å². The minimum atomic E-state index is -1.67. The number of carbonyl (C=O) groups excluding carboxylic acids is 1. The zero-order valence-corrected chi connectivity index (χ0v) is 37.2. The number of aliphatic hydroxyl groups excluding tert-OH is 7. The van der Waals surface area contributed by atoms with Crippen LogP contribution in [0.4, 0.5) is 0 Å². The number of unbranched alkanes of at least 4 members (excludes halogenated alkanes) is 21. The van der Waals surface area contributed by atoms with Gasteiger partial charge in [0.2, 0.25) is 5.91 Å². The van der Waals surface area contributed by atoms with Gasteiger partial charge >= 0.3 is 0 Å². The Labute approximate surface area is 358 Å². The van der Waals surface area contributed by atoms with Crippen LogP contribution >= 0.6 is 0 Å². The van der Waals surface area contributed by atoms with Gasteiger partial charge in [-0.05, 0) is 77.0 Å². The monoisotopic (exact) mass is 840 g/mol. The molecule has 1 aliphatic heterocycles. The number of amides is 1. The zero-order chi connectivity index (χ0) is 43.4. The van der Waals surface area contributed by atoms with Crippen molar-refractivity contribution in [2.75, 3.05) is 13.2 Å². The van der Waals surface area contributed by atoms with Gasteiger partial charge in [-0.15, -0.1) is 0 Å². The highest BCUT2D eigenvalue weighted by Crippen LogP contribution is 2.23. The minimum Gasteiger partial charge on any atom is -0.394 e. The van der Waals surface area contributed by atoms with Crippen molar-refractivity contribution in [1.82, 2.24) is 5.32 Å². The second kappa shape index (κ2) is 38.0. The average Bonchev–Trinajstić information content (AvgIpc) is 3.23. The molecule has 9 unspecified atom stereocenters. The van der Waals surface area contributed by atoms with E-state index in [2.05, 4.69) is 55.6 Å². The van der Waals surface area contributed by atoms with Crippen LogP contribution in [0.15, 0.2) is 36.5 Å². The molecule has 9 atom stereocenters. The Morgan fingerprint density at radius 3 is 1.53 bits per heavy atom. The van der Waals surface area contributed by atoms with E-state index in [-0.39, 0.29) is 12.8 Å². The van der Waals surface area contributed by atoms with Gasteiger partial charge in [0.1, 0.15) is 36.6 Å². The number of allylic oxidation sites excluding steroid dienone is 6. The molecule has 0 radical (unpaired) electrons. The van der Waals surface area contributed by atoms with E-state index in [0.717, 1.165) is 64.2 Å². The number of hydrogen-bond acceptors (Lipinski definition) is 10. The molecule has 0 aromatic carbocycles. The zero-order valence-electron chi connectivity index (χ0n) is 37.2. The van der Waals surface area contributed by atoms with E-state index in [4.69, 9.17) is 9.47 Å². The molecule has 1 aliphatic rings. The standard InChI is InChI=1S/C48H89NO10/c1-3-5-7-9-11-13-15-17-19-20-21-22-24-25-27-29-31-33-35-40(51)43(53)39(38-58-48-46(56)45(55)44(54)42(37-50)59-48)49-47(57)41(52)36-34-32-30-28-26-23-18-16-14-12-10-8-6-4-2/h14,16,21-22,27,29,39-46,48,50-56H,3-13,15,17-20,23-26,28,30-38H2,1-2H3,(H,49,57)/b16-14-,22-21+,29-27+. The van der Waals surface area contributed by atoms with Gasteiger partial charge in [-0.3, -0.25) is 4.79 Å². The molecule has 1 amide bonds.